The molecule has 1 spiro atoms. The van der Waals surface area contributed by atoms with Gasteiger partial charge in [0.25, 0.3) is 0 Å². The Morgan fingerprint density at radius 2 is 2.00 bits per heavy atom. The molecule has 0 N–H and O–H groups in total. The van der Waals surface area contributed by atoms with Gasteiger partial charge in [0.2, 0.25) is 0 Å². The fourth-order valence-corrected chi connectivity index (χ4v) is 4.39. The Kier molecular flexibility index (Phi) is 5.57. The Bertz CT molecular complexity index is 572. The van der Waals surface area contributed by atoms with Crippen LogP contribution in [0.5, 0.6) is 0 Å². The lowest BCUT2D eigenvalue weighted by Crippen LogP contribution is -2.43. The van der Waals surface area contributed by atoms with E-state index in [1.165, 1.54) is 5.57 Å². The summed E-state index contributed by atoms with van der Waals surface area (Å²) >= 11 is 0. The molecular weight excluding hydrogens is 314 g/mol. The summed E-state index contributed by atoms with van der Waals surface area (Å²) in [4.78, 5) is 2.94. The van der Waals surface area contributed by atoms with E-state index in [1.54, 1.807) is 0 Å². The van der Waals surface area contributed by atoms with Crippen molar-refractivity contribution in [3.05, 3.63) is 34.2 Å². The summed E-state index contributed by atoms with van der Waals surface area (Å²) < 4.78 is 11.9. The molecule has 25 heavy (non-hydrogen) atoms. The predicted molar refractivity (Wildman–Crippen MR) is 99.3 cm³/mol. The lowest BCUT2D eigenvalue weighted by molar-refractivity contribution is -0.112. The van der Waals surface area contributed by atoms with Crippen LogP contribution >= 0.6 is 0 Å². The number of azide groups is 1. The van der Waals surface area contributed by atoms with Gasteiger partial charge in [0.05, 0.1) is 23.9 Å². The first-order valence-electron chi connectivity index (χ1n) is 9.61. The van der Waals surface area contributed by atoms with E-state index in [1.807, 2.05) is 0 Å². The maximum absolute atomic E-state index is 8.52. The average molecular weight is 345 g/mol. The summed E-state index contributed by atoms with van der Waals surface area (Å²) in [7, 11) is 0. The van der Waals surface area contributed by atoms with Crippen molar-refractivity contribution in [3.8, 4) is 0 Å². The van der Waals surface area contributed by atoms with Crippen molar-refractivity contribution in [3.63, 3.8) is 0 Å². The summed E-state index contributed by atoms with van der Waals surface area (Å²) in [6.45, 7) is 7.37. The smallest absolute Gasteiger partial charge is 0.0971 e. The van der Waals surface area contributed by atoms with Gasteiger partial charge in [-0.1, -0.05) is 28.9 Å². The molecule has 3 aliphatic rings. The molecule has 0 aromatic rings. The van der Waals surface area contributed by atoms with Gasteiger partial charge in [0, 0.05) is 23.8 Å². The highest BCUT2D eigenvalue weighted by molar-refractivity contribution is 5.19. The fraction of sp³-hybridized carbons (Fsp3) is 0.800. The molecule has 0 unspecified atom stereocenters. The van der Waals surface area contributed by atoms with Gasteiger partial charge in [-0.2, -0.15) is 0 Å². The van der Waals surface area contributed by atoms with Crippen LogP contribution in [0.25, 0.3) is 10.4 Å². The molecule has 138 valence electrons. The number of epoxide rings is 1. The number of hydrogen-bond acceptors (Lipinski definition) is 3. The second-order valence-electron chi connectivity index (χ2n) is 8.69. The van der Waals surface area contributed by atoms with E-state index in [0.29, 0.717) is 0 Å². The Labute approximate surface area is 151 Å². The third-order valence-electron chi connectivity index (χ3n) is 5.72. The lowest BCUT2D eigenvalue weighted by Gasteiger charge is -2.38. The molecule has 2 aliphatic heterocycles. The van der Waals surface area contributed by atoms with Crippen molar-refractivity contribution < 1.29 is 9.47 Å². The summed E-state index contributed by atoms with van der Waals surface area (Å²) in [5.74, 6) is 0.724. The standard InChI is InChI=1S/C20H31N3O2/c1-15(4-6-16-7-9-17(10-8-16)22-23-21)5-11-18-12-20(14-24-20)13-19(2,3)25-18/h4-5,11,16-18H,6-10,12-14H2,1-3H3/b11-5+,15-4+/t16?,17?,18-,20-/m1/s1. The van der Waals surface area contributed by atoms with Crippen molar-refractivity contribution in [2.45, 2.75) is 89.1 Å². The van der Waals surface area contributed by atoms with Crippen molar-refractivity contribution in [2.75, 3.05) is 6.61 Å². The summed E-state index contributed by atoms with van der Waals surface area (Å²) in [6.07, 6.45) is 14.4. The minimum atomic E-state index is -0.105. The van der Waals surface area contributed by atoms with E-state index in [-0.39, 0.29) is 23.3 Å². The van der Waals surface area contributed by atoms with Crippen molar-refractivity contribution in [1.82, 2.24) is 0 Å². The van der Waals surface area contributed by atoms with Gasteiger partial charge in [-0.05, 0) is 64.3 Å². The van der Waals surface area contributed by atoms with Crippen LogP contribution in [-0.4, -0.2) is 30.0 Å². The number of allylic oxidation sites excluding steroid dienone is 3. The molecule has 2 atom stereocenters. The van der Waals surface area contributed by atoms with E-state index in [9.17, 15) is 0 Å². The second kappa shape index (κ2) is 7.53. The fourth-order valence-electron chi connectivity index (χ4n) is 4.39. The van der Waals surface area contributed by atoms with E-state index in [0.717, 1.165) is 57.5 Å². The molecule has 0 aromatic carbocycles. The van der Waals surface area contributed by atoms with E-state index in [2.05, 4.69) is 49.0 Å². The van der Waals surface area contributed by atoms with Gasteiger partial charge in [-0.3, -0.25) is 0 Å². The maximum Gasteiger partial charge on any atom is 0.0971 e. The molecular formula is C20H31N3O2. The molecule has 0 aromatic heterocycles. The van der Waals surface area contributed by atoms with Gasteiger partial charge in [-0.15, -0.1) is 0 Å². The quantitative estimate of drug-likeness (QED) is 0.218. The van der Waals surface area contributed by atoms with Crippen LogP contribution in [0, 0.1) is 5.92 Å². The normalized spacial score (nSPS) is 37.9. The largest absolute Gasteiger partial charge is 0.369 e. The van der Waals surface area contributed by atoms with Gasteiger partial charge >= 0.3 is 0 Å². The molecule has 2 heterocycles. The van der Waals surface area contributed by atoms with Crippen LogP contribution in [0.15, 0.2) is 28.9 Å². The van der Waals surface area contributed by atoms with Crippen LogP contribution in [0.4, 0.5) is 0 Å². The molecule has 3 rings (SSSR count). The van der Waals surface area contributed by atoms with Crippen molar-refractivity contribution in [1.29, 1.82) is 0 Å². The van der Waals surface area contributed by atoms with Gasteiger partial charge in [0.15, 0.2) is 0 Å². The predicted octanol–water partition coefficient (Wildman–Crippen LogP) is 5.47. The highest BCUT2D eigenvalue weighted by Gasteiger charge is 2.53. The number of nitrogens with zero attached hydrogens (tertiary/aromatic N) is 3. The Balaban J connectivity index is 1.47. The van der Waals surface area contributed by atoms with Crippen LogP contribution < -0.4 is 0 Å². The Hall–Kier alpha value is -1.29. The zero-order chi connectivity index (χ0) is 17.9. The first kappa shape index (κ1) is 18.5. The minimum Gasteiger partial charge on any atom is -0.369 e. The highest BCUT2D eigenvalue weighted by atomic mass is 16.6. The number of ether oxygens (including phenoxy) is 2. The van der Waals surface area contributed by atoms with E-state index < -0.39 is 0 Å². The summed E-state index contributed by atoms with van der Waals surface area (Å²) in [6, 6.07) is 0.218. The zero-order valence-corrected chi connectivity index (χ0v) is 15.8. The van der Waals surface area contributed by atoms with Gasteiger partial charge in [0.1, 0.15) is 0 Å². The summed E-state index contributed by atoms with van der Waals surface area (Å²) in [5, 5.41) is 3.85. The van der Waals surface area contributed by atoms with Gasteiger partial charge in [-0.25, -0.2) is 0 Å². The number of hydrogen-bond donors (Lipinski definition) is 0. The monoisotopic (exact) mass is 345 g/mol. The first-order chi connectivity index (χ1) is 11.9. The Morgan fingerprint density at radius 1 is 1.28 bits per heavy atom. The van der Waals surface area contributed by atoms with Crippen molar-refractivity contribution in [2.24, 2.45) is 11.0 Å². The second-order valence-corrected chi connectivity index (χ2v) is 8.69. The first-order valence-corrected chi connectivity index (χ1v) is 9.61. The molecule has 5 nitrogen and oxygen atoms in total. The topological polar surface area (TPSA) is 70.5 Å². The van der Waals surface area contributed by atoms with Gasteiger partial charge < -0.3 is 9.47 Å². The molecule has 0 radical (unpaired) electrons. The average Bonchev–Trinajstić information content (AvgIpc) is 3.29. The van der Waals surface area contributed by atoms with Crippen LogP contribution in [0.1, 0.15) is 65.7 Å². The van der Waals surface area contributed by atoms with Crippen LogP contribution in [-0.2, 0) is 9.47 Å². The SMILES string of the molecule is CC(/C=C/[C@@H]1C[C@]2(CO2)CC(C)(C)O1)=C\CC1CCC(N=[N+]=[N-])CC1. The molecule has 0 bridgehead atoms. The lowest BCUT2D eigenvalue weighted by atomic mass is 9.84. The maximum atomic E-state index is 8.52. The van der Waals surface area contributed by atoms with Crippen LogP contribution in [0.3, 0.4) is 0 Å². The molecule has 0 amide bonds. The van der Waals surface area contributed by atoms with Crippen LogP contribution in [0.2, 0.25) is 0 Å². The van der Waals surface area contributed by atoms with E-state index in [4.69, 9.17) is 15.0 Å². The zero-order valence-electron chi connectivity index (χ0n) is 15.8. The highest BCUT2D eigenvalue weighted by Crippen LogP contribution is 2.46. The third-order valence-corrected chi connectivity index (χ3v) is 5.72. The summed E-state index contributed by atoms with van der Waals surface area (Å²) in [5.41, 5.74) is 9.80. The Morgan fingerprint density at radius 3 is 2.64 bits per heavy atom. The third kappa shape index (κ3) is 5.34. The molecule has 2 saturated heterocycles. The molecule has 1 aliphatic carbocycles. The van der Waals surface area contributed by atoms with Crippen molar-refractivity contribution >= 4 is 0 Å². The molecule has 1 saturated carbocycles. The minimum absolute atomic E-state index is 0.0823. The molecule has 3 fully saturated rings. The molecule has 5 heteroatoms. The number of rotatable bonds is 5. The van der Waals surface area contributed by atoms with E-state index >= 15 is 0 Å².